The second-order valence-electron chi connectivity index (χ2n) is 6.81. The van der Waals surface area contributed by atoms with Crippen molar-refractivity contribution >= 4 is 28.1 Å². The molecule has 0 spiro atoms. The van der Waals surface area contributed by atoms with Crippen LogP contribution in [0.2, 0.25) is 0 Å². The number of fused-ring (bicyclic) bond motifs is 1. The van der Waals surface area contributed by atoms with Gasteiger partial charge in [-0.1, -0.05) is 48.5 Å². The third-order valence-electron chi connectivity index (χ3n) is 4.84. The molecule has 4 rings (SSSR count). The van der Waals surface area contributed by atoms with E-state index in [9.17, 15) is 9.59 Å². The van der Waals surface area contributed by atoms with Gasteiger partial charge in [-0.3, -0.25) is 14.3 Å². The maximum absolute atomic E-state index is 13.2. The molecule has 146 valence electrons. The molecule has 29 heavy (non-hydrogen) atoms. The van der Waals surface area contributed by atoms with E-state index in [0.29, 0.717) is 24.0 Å². The predicted molar refractivity (Wildman–Crippen MR) is 116 cm³/mol. The summed E-state index contributed by atoms with van der Waals surface area (Å²) in [7, 11) is 0. The lowest BCUT2D eigenvalue weighted by molar-refractivity contribution is -0.132. The molecular formula is C23H21N3O2S. The maximum Gasteiger partial charge on any atom is 0.244 e. The number of benzene rings is 2. The summed E-state index contributed by atoms with van der Waals surface area (Å²) in [6.45, 7) is 1.29. The molecule has 5 nitrogen and oxygen atoms in total. The number of aromatic nitrogens is 2. The van der Waals surface area contributed by atoms with Crippen LogP contribution < -0.4 is 5.43 Å². The molecule has 1 amide bonds. The van der Waals surface area contributed by atoms with E-state index < -0.39 is 0 Å². The quantitative estimate of drug-likeness (QED) is 0.472. The van der Waals surface area contributed by atoms with Gasteiger partial charge in [-0.15, -0.1) is 11.3 Å². The number of nitrogens with zero attached hydrogens (tertiary/aromatic N) is 3. The normalized spacial score (nSPS) is 10.9. The van der Waals surface area contributed by atoms with Crippen molar-refractivity contribution in [1.82, 2.24) is 14.7 Å². The molecule has 0 saturated carbocycles. The first-order chi connectivity index (χ1) is 14.2. The van der Waals surface area contributed by atoms with Crippen LogP contribution in [0.25, 0.3) is 10.9 Å². The van der Waals surface area contributed by atoms with E-state index in [2.05, 4.69) is 17.2 Å². The summed E-state index contributed by atoms with van der Waals surface area (Å²) in [4.78, 5) is 28.2. The molecule has 0 unspecified atom stereocenters. The molecule has 0 aliphatic carbocycles. The Kier molecular flexibility index (Phi) is 5.81. The zero-order chi connectivity index (χ0) is 20.1. The minimum atomic E-state index is -0.135. The van der Waals surface area contributed by atoms with Gasteiger partial charge in [0.05, 0.1) is 18.3 Å². The number of carbonyl (C=O) groups excluding carboxylic acids is 1. The highest BCUT2D eigenvalue weighted by atomic mass is 32.1. The van der Waals surface area contributed by atoms with Gasteiger partial charge in [0, 0.05) is 16.8 Å². The summed E-state index contributed by atoms with van der Waals surface area (Å²) >= 11 is 1.64. The van der Waals surface area contributed by atoms with Crippen LogP contribution in [0.15, 0.2) is 83.1 Å². The number of hydrogen-bond donors (Lipinski definition) is 0. The van der Waals surface area contributed by atoms with Crippen LogP contribution in [0, 0.1) is 0 Å². The second kappa shape index (κ2) is 8.84. The Morgan fingerprint density at radius 1 is 1.00 bits per heavy atom. The van der Waals surface area contributed by atoms with Crippen molar-refractivity contribution in [1.29, 1.82) is 0 Å². The van der Waals surface area contributed by atoms with E-state index in [0.717, 1.165) is 11.3 Å². The minimum Gasteiger partial charge on any atom is -0.336 e. The summed E-state index contributed by atoms with van der Waals surface area (Å²) in [6, 6.07) is 21.5. The molecule has 0 bridgehead atoms. The summed E-state index contributed by atoms with van der Waals surface area (Å²) in [6.07, 6.45) is 2.07. The Hall–Kier alpha value is -3.25. The van der Waals surface area contributed by atoms with Crippen molar-refractivity contribution in [3.63, 3.8) is 0 Å². The van der Waals surface area contributed by atoms with E-state index in [1.165, 1.54) is 11.8 Å². The third kappa shape index (κ3) is 4.60. The van der Waals surface area contributed by atoms with Gasteiger partial charge in [0.1, 0.15) is 6.54 Å². The molecule has 0 aliphatic heterocycles. The Morgan fingerprint density at radius 3 is 2.59 bits per heavy atom. The summed E-state index contributed by atoms with van der Waals surface area (Å²) in [5.74, 6) is -0.0179. The molecule has 2 aromatic heterocycles. The highest BCUT2D eigenvalue weighted by Crippen LogP contribution is 2.14. The molecule has 4 aromatic rings. The van der Waals surface area contributed by atoms with Crippen LogP contribution in [-0.2, 0) is 24.3 Å². The molecule has 0 N–H and O–H groups in total. The first-order valence-corrected chi connectivity index (χ1v) is 10.4. The topological polar surface area (TPSA) is 55.2 Å². The van der Waals surface area contributed by atoms with Gasteiger partial charge in [-0.25, -0.2) is 0 Å². The molecule has 0 aliphatic rings. The molecule has 0 radical (unpaired) electrons. The van der Waals surface area contributed by atoms with Crippen molar-refractivity contribution in [2.45, 2.75) is 19.5 Å². The Bertz CT molecular complexity index is 1150. The van der Waals surface area contributed by atoms with Gasteiger partial charge in [-0.2, -0.15) is 5.10 Å². The Labute approximate surface area is 172 Å². The fourth-order valence-electron chi connectivity index (χ4n) is 3.31. The smallest absolute Gasteiger partial charge is 0.244 e. The molecule has 2 heterocycles. The van der Waals surface area contributed by atoms with Crippen LogP contribution in [0.3, 0.4) is 0 Å². The van der Waals surface area contributed by atoms with E-state index in [-0.39, 0.29) is 17.9 Å². The lowest BCUT2D eigenvalue weighted by atomic mass is 10.1. The van der Waals surface area contributed by atoms with Gasteiger partial charge < -0.3 is 4.90 Å². The van der Waals surface area contributed by atoms with Gasteiger partial charge in [-0.05, 0) is 35.6 Å². The van der Waals surface area contributed by atoms with Crippen molar-refractivity contribution in [3.05, 3.63) is 99.0 Å². The summed E-state index contributed by atoms with van der Waals surface area (Å²) < 4.78 is 1.61. The van der Waals surface area contributed by atoms with Crippen molar-refractivity contribution < 1.29 is 4.79 Å². The average Bonchev–Trinajstić information content (AvgIpc) is 3.27. The molecule has 0 atom stereocenters. The van der Waals surface area contributed by atoms with E-state index >= 15 is 0 Å². The Balaban J connectivity index is 1.56. The largest absolute Gasteiger partial charge is 0.336 e. The first kappa shape index (κ1) is 19.1. The summed E-state index contributed by atoms with van der Waals surface area (Å²) in [5.41, 5.74) is 1.74. The molecule has 0 fully saturated rings. The molecular weight excluding hydrogens is 382 g/mol. The molecule has 2 aromatic carbocycles. The van der Waals surface area contributed by atoms with Crippen molar-refractivity contribution in [3.8, 4) is 0 Å². The average molecular weight is 404 g/mol. The fraction of sp³-hybridized carbons (Fsp3) is 0.174. The number of thiophene rings is 1. The summed E-state index contributed by atoms with van der Waals surface area (Å²) in [5, 5.41) is 6.80. The van der Waals surface area contributed by atoms with Crippen molar-refractivity contribution in [2.75, 3.05) is 6.54 Å². The van der Waals surface area contributed by atoms with Gasteiger partial charge in [0.25, 0.3) is 0 Å². The van der Waals surface area contributed by atoms with Gasteiger partial charge >= 0.3 is 0 Å². The van der Waals surface area contributed by atoms with E-state index in [1.807, 2.05) is 58.8 Å². The number of carbonyl (C=O) groups is 1. The van der Waals surface area contributed by atoms with Crippen LogP contribution in [0.4, 0.5) is 0 Å². The lowest BCUT2D eigenvalue weighted by Gasteiger charge is -2.23. The van der Waals surface area contributed by atoms with Gasteiger partial charge in [0.2, 0.25) is 11.3 Å². The number of para-hydroxylation sites is 1. The minimum absolute atomic E-state index is 0.0179. The van der Waals surface area contributed by atoms with Crippen LogP contribution in [0.1, 0.15) is 10.4 Å². The van der Waals surface area contributed by atoms with E-state index in [4.69, 9.17) is 0 Å². The van der Waals surface area contributed by atoms with Crippen molar-refractivity contribution in [2.24, 2.45) is 0 Å². The van der Waals surface area contributed by atoms with Crippen LogP contribution >= 0.6 is 11.3 Å². The fourth-order valence-corrected chi connectivity index (χ4v) is 4.03. The van der Waals surface area contributed by atoms with Crippen LogP contribution in [-0.4, -0.2) is 27.1 Å². The molecule has 6 heteroatoms. The van der Waals surface area contributed by atoms with Gasteiger partial charge in [0.15, 0.2) is 0 Å². The lowest BCUT2D eigenvalue weighted by Crippen LogP contribution is -2.35. The zero-order valence-corrected chi connectivity index (χ0v) is 16.7. The Morgan fingerprint density at radius 2 is 1.79 bits per heavy atom. The third-order valence-corrected chi connectivity index (χ3v) is 5.70. The van der Waals surface area contributed by atoms with E-state index in [1.54, 1.807) is 22.1 Å². The SMILES string of the molecule is O=C(Cn1ncc(=O)c2ccccc21)N(CCc1ccccc1)Cc1cccs1. The predicted octanol–water partition coefficient (Wildman–Crippen LogP) is 3.73. The molecule has 0 saturated heterocycles. The number of rotatable bonds is 7. The standard InChI is InChI=1S/C23H21N3O2S/c27-22-15-24-26(21-11-5-4-10-20(21)22)17-23(28)25(16-19-9-6-14-29-19)13-12-18-7-2-1-3-8-18/h1-11,14-15H,12-13,16-17H2. The first-order valence-electron chi connectivity index (χ1n) is 9.49. The highest BCUT2D eigenvalue weighted by Gasteiger charge is 2.17. The zero-order valence-electron chi connectivity index (χ0n) is 15.9. The highest BCUT2D eigenvalue weighted by molar-refractivity contribution is 7.09. The van der Waals surface area contributed by atoms with Crippen LogP contribution in [0.5, 0.6) is 0 Å². The second-order valence-corrected chi connectivity index (χ2v) is 7.85. The monoisotopic (exact) mass is 403 g/mol. The number of amides is 1. The maximum atomic E-state index is 13.2. The number of hydrogen-bond acceptors (Lipinski definition) is 4.